The second kappa shape index (κ2) is 16.1. The van der Waals surface area contributed by atoms with Gasteiger partial charge in [0.05, 0.1) is 0 Å². The van der Waals surface area contributed by atoms with E-state index in [0.717, 1.165) is 51.4 Å². The number of aliphatic carboxylic acids is 2. The monoisotopic (exact) mass is 312 g/mol. The Labute approximate surface area is 134 Å². The highest BCUT2D eigenvalue weighted by molar-refractivity contribution is 5.66. The zero-order valence-corrected chi connectivity index (χ0v) is 13.8. The molecular weight excluding hydrogens is 280 g/mol. The predicted molar refractivity (Wildman–Crippen MR) is 89.0 cm³/mol. The van der Waals surface area contributed by atoms with Gasteiger partial charge in [0.25, 0.3) is 0 Å². The molecule has 0 aromatic rings. The summed E-state index contributed by atoms with van der Waals surface area (Å²) in [4.78, 5) is 20.7. The van der Waals surface area contributed by atoms with E-state index in [2.05, 4.69) is 12.2 Å². The number of carboxylic acid groups (broad SMARTS) is 2. The first-order chi connectivity index (χ1) is 10.6. The molecule has 0 bridgehead atoms. The second-order valence-corrected chi connectivity index (χ2v) is 5.87. The third-order valence-electron chi connectivity index (χ3n) is 3.69. The maximum atomic E-state index is 10.3. The second-order valence-electron chi connectivity index (χ2n) is 5.87. The molecule has 4 nitrogen and oxygen atoms in total. The molecule has 4 heteroatoms. The number of hydrogen-bond donors (Lipinski definition) is 2. The fourth-order valence-electron chi connectivity index (χ4n) is 2.37. The molecule has 0 radical (unpaired) electrons. The van der Waals surface area contributed by atoms with Gasteiger partial charge in [-0.05, 0) is 38.5 Å². The van der Waals surface area contributed by atoms with Crippen molar-refractivity contribution in [3.8, 4) is 0 Å². The van der Waals surface area contributed by atoms with Crippen molar-refractivity contribution in [1.29, 1.82) is 0 Å². The molecule has 0 spiro atoms. The Balaban J connectivity index is 3.11. The van der Waals surface area contributed by atoms with Crippen LogP contribution in [0, 0.1) is 0 Å². The van der Waals surface area contributed by atoms with Gasteiger partial charge in [0.15, 0.2) is 0 Å². The molecule has 2 N–H and O–H groups in total. The van der Waals surface area contributed by atoms with Crippen LogP contribution < -0.4 is 0 Å². The normalized spacial score (nSPS) is 11.1. The molecule has 128 valence electrons. The van der Waals surface area contributed by atoms with Gasteiger partial charge in [0.2, 0.25) is 0 Å². The average Bonchev–Trinajstić information content (AvgIpc) is 2.46. The van der Waals surface area contributed by atoms with Crippen molar-refractivity contribution >= 4 is 11.9 Å². The van der Waals surface area contributed by atoms with E-state index in [1.54, 1.807) is 0 Å². The van der Waals surface area contributed by atoms with Gasteiger partial charge >= 0.3 is 11.9 Å². The number of unbranched alkanes of at least 4 members (excludes halogenated alkanes) is 10. The summed E-state index contributed by atoms with van der Waals surface area (Å²) in [7, 11) is 0. The fraction of sp³-hybridized carbons (Fsp3) is 0.778. The van der Waals surface area contributed by atoms with Gasteiger partial charge < -0.3 is 10.2 Å². The molecule has 0 aliphatic rings. The van der Waals surface area contributed by atoms with Crippen molar-refractivity contribution in [1.82, 2.24) is 0 Å². The highest BCUT2D eigenvalue weighted by Gasteiger charge is 1.96. The van der Waals surface area contributed by atoms with Crippen molar-refractivity contribution in [2.24, 2.45) is 0 Å². The molecule has 0 heterocycles. The summed E-state index contributed by atoms with van der Waals surface area (Å²) in [6.07, 6.45) is 18.1. The Morgan fingerprint density at radius 1 is 0.545 bits per heavy atom. The lowest BCUT2D eigenvalue weighted by Gasteiger charge is -2.00. The molecule has 0 fully saturated rings. The van der Waals surface area contributed by atoms with Crippen LogP contribution in [0.5, 0.6) is 0 Å². The van der Waals surface area contributed by atoms with E-state index in [1.165, 1.54) is 25.7 Å². The first-order valence-electron chi connectivity index (χ1n) is 8.71. The minimum atomic E-state index is -0.697. The topological polar surface area (TPSA) is 74.6 Å². The van der Waals surface area contributed by atoms with Crippen LogP contribution in [0.2, 0.25) is 0 Å². The molecule has 0 aliphatic heterocycles. The summed E-state index contributed by atoms with van der Waals surface area (Å²) in [6, 6.07) is 0. The SMILES string of the molecule is O=C(O)CCCCC/C=C/CCCCCCCCCC(=O)O. The number of carbonyl (C=O) groups is 2. The maximum Gasteiger partial charge on any atom is 0.303 e. The van der Waals surface area contributed by atoms with Gasteiger partial charge in [-0.1, -0.05) is 50.7 Å². The minimum Gasteiger partial charge on any atom is -0.481 e. The summed E-state index contributed by atoms with van der Waals surface area (Å²) in [5, 5.41) is 17.0. The summed E-state index contributed by atoms with van der Waals surface area (Å²) in [5.41, 5.74) is 0. The zero-order chi connectivity index (χ0) is 16.5. The van der Waals surface area contributed by atoms with E-state index in [0.29, 0.717) is 12.8 Å². The van der Waals surface area contributed by atoms with Crippen molar-refractivity contribution in [2.75, 3.05) is 0 Å². The first-order valence-corrected chi connectivity index (χ1v) is 8.71. The van der Waals surface area contributed by atoms with E-state index in [1.807, 2.05) is 0 Å². The Hall–Kier alpha value is -1.32. The van der Waals surface area contributed by atoms with E-state index in [9.17, 15) is 9.59 Å². The van der Waals surface area contributed by atoms with E-state index in [4.69, 9.17) is 10.2 Å². The van der Waals surface area contributed by atoms with Gasteiger partial charge in [-0.15, -0.1) is 0 Å². The molecule has 0 atom stereocenters. The molecule has 0 saturated heterocycles. The predicted octanol–water partition coefficient (Wildman–Crippen LogP) is 5.17. The van der Waals surface area contributed by atoms with E-state index >= 15 is 0 Å². The Morgan fingerprint density at radius 3 is 1.27 bits per heavy atom. The van der Waals surface area contributed by atoms with Gasteiger partial charge in [-0.25, -0.2) is 0 Å². The first kappa shape index (κ1) is 20.7. The molecule has 0 aliphatic carbocycles. The van der Waals surface area contributed by atoms with Crippen LogP contribution in [0.25, 0.3) is 0 Å². The largest absolute Gasteiger partial charge is 0.481 e. The molecular formula is C18H32O4. The smallest absolute Gasteiger partial charge is 0.303 e. The summed E-state index contributed by atoms with van der Waals surface area (Å²) < 4.78 is 0. The van der Waals surface area contributed by atoms with E-state index in [-0.39, 0.29) is 0 Å². The van der Waals surface area contributed by atoms with Crippen LogP contribution >= 0.6 is 0 Å². The van der Waals surface area contributed by atoms with Crippen LogP contribution in [-0.2, 0) is 9.59 Å². The maximum absolute atomic E-state index is 10.3. The van der Waals surface area contributed by atoms with Gasteiger partial charge in [0.1, 0.15) is 0 Å². The minimum absolute atomic E-state index is 0.292. The lowest BCUT2D eigenvalue weighted by Crippen LogP contribution is -1.93. The molecule has 22 heavy (non-hydrogen) atoms. The standard InChI is InChI=1S/C18H32O4/c19-17(20)15-13-11-9-7-5-3-1-2-4-6-8-10-12-14-16-18(21)22/h3,5H,1-2,4,6-16H2,(H,19,20)(H,21,22)/b5-3+. The lowest BCUT2D eigenvalue weighted by molar-refractivity contribution is -0.138. The van der Waals surface area contributed by atoms with Crippen LogP contribution in [-0.4, -0.2) is 22.2 Å². The van der Waals surface area contributed by atoms with E-state index < -0.39 is 11.9 Å². The number of rotatable bonds is 16. The highest BCUT2D eigenvalue weighted by atomic mass is 16.4. The molecule has 0 amide bonds. The van der Waals surface area contributed by atoms with Crippen LogP contribution in [0.3, 0.4) is 0 Å². The Bertz CT molecular complexity index is 310. The van der Waals surface area contributed by atoms with Gasteiger partial charge in [-0.2, -0.15) is 0 Å². The zero-order valence-electron chi connectivity index (χ0n) is 13.8. The quantitative estimate of drug-likeness (QED) is 0.304. The fourth-order valence-corrected chi connectivity index (χ4v) is 2.37. The molecule has 0 saturated carbocycles. The molecule has 0 rings (SSSR count). The van der Waals surface area contributed by atoms with Gasteiger partial charge in [-0.3, -0.25) is 9.59 Å². The van der Waals surface area contributed by atoms with Crippen molar-refractivity contribution < 1.29 is 19.8 Å². The van der Waals surface area contributed by atoms with Crippen LogP contribution in [0.15, 0.2) is 12.2 Å². The third-order valence-corrected chi connectivity index (χ3v) is 3.69. The number of carboxylic acids is 2. The molecule has 0 aromatic heterocycles. The average molecular weight is 312 g/mol. The number of allylic oxidation sites excluding steroid dienone is 2. The van der Waals surface area contributed by atoms with Crippen molar-refractivity contribution in [3.05, 3.63) is 12.2 Å². The Kier molecular flexibility index (Phi) is 15.1. The van der Waals surface area contributed by atoms with Crippen LogP contribution in [0.4, 0.5) is 0 Å². The molecule has 0 aromatic carbocycles. The number of hydrogen-bond acceptors (Lipinski definition) is 2. The van der Waals surface area contributed by atoms with Crippen LogP contribution in [0.1, 0.15) is 89.9 Å². The Morgan fingerprint density at radius 2 is 0.864 bits per heavy atom. The van der Waals surface area contributed by atoms with Crippen molar-refractivity contribution in [2.45, 2.75) is 89.9 Å². The highest BCUT2D eigenvalue weighted by Crippen LogP contribution is 2.10. The summed E-state index contributed by atoms with van der Waals surface area (Å²) >= 11 is 0. The van der Waals surface area contributed by atoms with Gasteiger partial charge in [0, 0.05) is 12.8 Å². The third kappa shape index (κ3) is 18.7. The molecule has 0 unspecified atom stereocenters. The summed E-state index contributed by atoms with van der Waals surface area (Å²) in [5.74, 6) is -1.38. The van der Waals surface area contributed by atoms with Crippen molar-refractivity contribution in [3.63, 3.8) is 0 Å². The summed E-state index contributed by atoms with van der Waals surface area (Å²) in [6.45, 7) is 0. The lowest BCUT2D eigenvalue weighted by atomic mass is 10.1.